The van der Waals surface area contributed by atoms with Crippen molar-refractivity contribution in [3.05, 3.63) is 24.0 Å². The van der Waals surface area contributed by atoms with Crippen LogP contribution >= 0.6 is 0 Å². The molecule has 0 aliphatic rings. The number of nitrogens with zero attached hydrogens (tertiary/aromatic N) is 3. The van der Waals surface area contributed by atoms with Gasteiger partial charge in [-0.15, -0.1) is 0 Å². The van der Waals surface area contributed by atoms with Crippen LogP contribution in [-0.4, -0.2) is 38.4 Å². The molecule has 0 atom stereocenters. The molecule has 0 aromatic carbocycles. The number of nitriles is 1. The molecule has 0 unspecified atom stereocenters. The molecule has 0 aliphatic heterocycles. The van der Waals surface area contributed by atoms with Crippen LogP contribution in [0, 0.1) is 11.3 Å². The highest BCUT2D eigenvalue weighted by molar-refractivity contribution is 6.59. The topological polar surface area (TPSA) is 108 Å². The van der Waals surface area contributed by atoms with Crippen molar-refractivity contribution in [2.75, 3.05) is 0 Å². The SMILES string of the molecule is CC(C)(C)OC(=O)n1c(B(O)O)cc2c(C#N)nccc21. The standard InChI is InChI=1S/C13H14BN3O4/c1-13(2,3)21-12(18)17-10-4-5-16-9(7-15)8(10)6-11(17)14(19)20/h4-6,19-20H,1-3H3. The van der Waals surface area contributed by atoms with Crippen LogP contribution in [0.1, 0.15) is 26.5 Å². The van der Waals surface area contributed by atoms with Gasteiger partial charge in [-0.3, -0.25) is 4.57 Å². The first kappa shape index (κ1) is 15.0. The first-order valence-electron chi connectivity index (χ1n) is 6.24. The Hall–Kier alpha value is -2.37. The van der Waals surface area contributed by atoms with Crippen molar-refractivity contribution in [3.8, 4) is 6.07 Å². The average Bonchev–Trinajstić information content (AvgIpc) is 2.75. The minimum Gasteiger partial charge on any atom is -0.443 e. The molecule has 0 amide bonds. The van der Waals surface area contributed by atoms with Crippen LogP contribution in [0.5, 0.6) is 0 Å². The summed E-state index contributed by atoms with van der Waals surface area (Å²) >= 11 is 0. The van der Waals surface area contributed by atoms with Gasteiger partial charge in [0, 0.05) is 11.6 Å². The third-order valence-electron chi connectivity index (χ3n) is 2.70. The second-order valence-corrected chi connectivity index (χ2v) is 5.46. The van der Waals surface area contributed by atoms with E-state index in [1.807, 2.05) is 6.07 Å². The number of hydrogen-bond donors (Lipinski definition) is 2. The lowest BCUT2D eigenvalue weighted by atomic mass is 9.86. The van der Waals surface area contributed by atoms with Crippen LogP contribution in [0.3, 0.4) is 0 Å². The van der Waals surface area contributed by atoms with E-state index < -0.39 is 18.8 Å². The van der Waals surface area contributed by atoms with Crippen LogP contribution < -0.4 is 5.59 Å². The maximum Gasteiger partial charge on any atom is 0.506 e. The largest absolute Gasteiger partial charge is 0.506 e. The quantitative estimate of drug-likeness (QED) is 0.733. The molecular formula is C13H14BN3O4. The third kappa shape index (κ3) is 2.89. The van der Waals surface area contributed by atoms with Crippen molar-refractivity contribution in [1.29, 1.82) is 5.26 Å². The first-order valence-corrected chi connectivity index (χ1v) is 6.24. The van der Waals surface area contributed by atoms with Gasteiger partial charge in [-0.2, -0.15) is 5.26 Å². The number of pyridine rings is 1. The molecule has 0 bridgehead atoms. The lowest BCUT2D eigenvalue weighted by Gasteiger charge is -2.20. The number of carbonyl (C=O) groups excluding carboxylic acids is 1. The van der Waals surface area contributed by atoms with Gasteiger partial charge >= 0.3 is 13.2 Å². The van der Waals surface area contributed by atoms with Crippen LogP contribution in [0.15, 0.2) is 18.3 Å². The first-order chi connectivity index (χ1) is 9.74. The summed E-state index contributed by atoms with van der Waals surface area (Å²) < 4.78 is 6.29. The number of hydrogen-bond acceptors (Lipinski definition) is 6. The molecule has 7 nitrogen and oxygen atoms in total. The van der Waals surface area contributed by atoms with Gasteiger partial charge in [0.15, 0.2) is 0 Å². The van der Waals surface area contributed by atoms with Crippen molar-refractivity contribution in [1.82, 2.24) is 9.55 Å². The van der Waals surface area contributed by atoms with Gasteiger partial charge in [-0.1, -0.05) is 0 Å². The molecule has 108 valence electrons. The summed E-state index contributed by atoms with van der Waals surface area (Å²) in [5, 5.41) is 28.3. The van der Waals surface area contributed by atoms with Crippen LogP contribution in [0.25, 0.3) is 10.9 Å². The summed E-state index contributed by atoms with van der Waals surface area (Å²) in [6.07, 6.45) is 0.616. The number of ether oxygens (including phenoxy) is 1. The lowest BCUT2D eigenvalue weighted by molar-refractivity contribution is 0.0547. The summed E-state index contributed by atoms with van der Waals surface area (Å²) in [6.45, 7) is 5.11. The molecule has 2 heterocycles. The Bertz CT molecular complexity index is 740. The number of aromatic nitrogens is 2. The van der Waals surface area contributed by atoms with Crippen molar-refractivity contribution in [2.24, 2.45) is 0 Å². The zero-order valence-corrected chi connectivity index (χ0v) is 11.9. The molecule has 2 rings (SSSR count). The fourth-order valence-corrected chi connectivity index (χ4v) is 1.94. The van der Waals surface area contributed by atoms with Crippen molar-refractivity contribution in [3.63, 3.8) is 0 Å². The Balaban J connectivity index is 2.69. The molecule has 0 fully saturated rings. The maximum absolute atomic E-state index is 12.3. The number of rotatable bonds is 1. The monoisotopic (exact) mass is 287 g/mol. The highest BCUT2D eigenvalue weighted by Gasteiger charge is 2.27. The Labute approximate surface area is 121 Å². The predicted octanol–water partition coefficient (Wildman–Crippen LogP) is 0.371. The predicted molar refractivity (Wildman–Crippen MR) is 75.9 cm³/mol. The summed E-state index contributed by atoms with van der Waals surface area (Å²) in [5.74, 6) is 0. The Morgan fingerprint density at radius 1 is 1.48 bits per heavy atom. The smallest absolute Gasteiger partial charge is 0.443 e. The molecule has 2 aromatic heterocycles. The maximum atomic E-state index is 12.3. The highest BCUT2D eigenvalue weighted by Crippen LogP contribution is 2.19. The van der Waals surface area contributed by atoms with Gasteiger partial charge in [-0.05, 0) is 32.9 Å². The second-order valence-electron chi connectivity index (χ2n) is 5.46. The van der Waals surface area contributed by atoms with Gasteiger partial charge in [0.1, 0.15) is 17.4 Å². The van der Waals surface area contributed by atoms with Gasteiger partial charge in [-0.25, -0.2) is 9.78 Å². The second kappa shape index (κ2) is 5.20. The van der Waals surface area contributed by atoms with Crippen LogP contribution in [0.2, 0.25) is 0 Å². The fourth-order valence-electron chi connectivity index (χ4n) is 1.94. The van der Waals surface area contributed by atoms with Crippen molar-refractivity contribution < 1.29 is 19.6 Å². The molecular weight excluding hydrogens is 273 g/mol. The molecule has 0 aliphatic carbocycles. The Morgan fingerprint density at radius 2 is 2.14 bits per heavy atom. The minimum atomic E-state index is -1.88. The summed E-state index contributed by atoms with van der Waals surface area (Å²) in [4.78, 5) is 16.2. The molecule has 2 N–H and O–H groups in total. The average molecular weight is 287 g/mol. The zero-order valence-electron chi connectivity index (χ0n) is 11.9. The zero-order chi connectivity index (χ0) is 15.8. The van der Waals surface area contributed by atoms with E-state index in [0.29, 0.717) is 10.9 Å². The van der Waals surface area contributed by atoms with E-state index in [0.717, 1.165) is 4.57 Å². The van der Waals surface area contributed by atoms with Crippen molar-refractivity contribution >= 4 is 29.7 Å². The Kier molecular flexibility index (Phi) is 3.72. The summed E-state index contributed by atoms with van der Waals surface area (Å²) in [6, 6.07) is 4.75. The van der Waals surface area contributed by atoms with E-state index in [1.165, 1.54) is 18.3 Å². The number of fused-ring (bicyclic) bond motifs is 1. The molecule has 0 saturated carbocycles. The normalized spacial score (nSPS) is 11.2. The van der Waals surface area contributed by atoms with Crippen LogP contribution in [0.4, 0.5) is 4.79 Å². The van der Waals surface area contributed by atoms with E-state index in [2.05, 4.69) is 4.98 Å². The lowest BCUT2D eigenvalue weighted by Crippen LogP contribution is -2.40. The van der Waals surface area contributed by atoms with Crippen molar-refractivity contribution in [2.45, 2.75) is 26.4 Å². The summed E-state index contributed by atoms with van der Waals surface area (Å²) in [5.41, 5.74) is -0.393. The van der Waals surface area contributed by atoms with E-state index in [1.54, 1.807) is 20.8 Å². The third-order valence-corrected chi connectivity index (χ3v) is 2.70. The van der Waals surface area contributed by atoms with Gasteiger partial charge in [0.05, 0.1) is 11.1 Å². The van der Waals surface area contributed by atoms with Gasteiger partial charge in [0.25, 0.3) is 0 Å². The highest BCUT2D eigenvalue weighted by atomic mass is 16.6. The van der Waals surface area contributed by atoms with E-state index >= 15 is 0 Å². The van der Waals surface area contributed by atoms with E-state index in [-0.39, 0.29) is 11.3 Å². The van der Waals surface area contributed by atoms with E-state index in [9.17, 15) is 14.8 Å². The molecule has 2 aromatic rings. The fraction of sp³-hybridized carbons (Fsp3) is 0.308. The Morgan fingerprint density at radius 3 is 2.67 bits per heavy atom. The van der Waals surface area contributed by atoms with Gasteiger partial charge < -0.3 is 14.8 Å². The number of carbonyl (C=O) groups is 1. The molecule has 0 spiro atoms. The molecule has 0 radical (unpaired) electrons. The molecule has 21 heavy (non-hydrogen) atoms. The van der Waals surface area contributed by atoms with E-state index in [4.69, 9.17) is 10.00 Å². The van der Waals surface area contributed by atoms with Crippen LogP contribution in [-0.2, 0) is 4.74 Å². The molecule has 0 saturated heterocycles. The van der Waals surface area contributed by atoms with Gasteiger partial charge in [0.2, 0.25) is 0 Å². The molecule has 8 heteroatoms. The summed E-state index contributed by atoms with van der Waals surface area (Å²) in [7, 11) is -1.88. The minimum absolute atomic E-state index is 0.0799.